The highest BCUT2D eigenvalue weighted by molar-refractivity contribution is 14.1. The van der Waals surface area contributed by atoms with Crippen LogP contribution in [0.2, 0.25) is 0 Å². The third-order valence-corrected chi connectivity index (χ3v) is 3.68. The lowest BCUT2D eigenvalue weighted by Gasteiger charge is -2.10. The molecule has 2 aromatic rings. The van der Waals surface area contributed by atoms with E-state index >= 15 is 0 Å². The summed E-state index contributed by atoms with van der Waals surface area (Å²) in [7, 11) is 1.40. The largest absolute Gasteiger partial charge is 0.494 e. The van der Waals surface area contributed by atoms with Gasteiger partial charge in [-0.05, 0) is 58.5 Å². The second-order valence-corrected chi connectivity index (χ2v) is 5.37. The third kappa shape index (κ3) is 3.84. The maximum atomic E-state index is 13.6. The molecule has 0 aliphatic carbocycles. The molecule has 1 N–H and O–H groups in total. The van der Waals surface area contributed by atoms with E-state index in [0.29, 0.717) is 11.3 Å². The Bertz CT molecular complexity index is 673. The zero-order valence-electron chi connectivity index (χ0n) is 11.1. The van der Waals surface area contributed by atoms with Gasteiger partial charge in [0.2, 0.25) is 0 Å². The van der Waals surface area contributed by atoms with Crippen molar-refractivity contribution in [2.75, 3.05) is 7.11 Å². The minimum absolute atomic E-state index is 0.139. The van der Waals surface area contributed by atoms with Crippen molar-refractivity contribution in [1.82, 2.24) is 0 Å². The van der Waals surface area contributed by atoms with Crippen molar-refractivity contribution in [2.45, 2.75) is 6.61 Å². The topological polar surface area (TPSA) is 55.8 Å². The van der Waals surface area contributed by atoms with Crippen molar-refractivity contribution in [3.05, 3.63) is 56.9 Å². The lowest BCUT2D eigenvalue weighted by Crippen LogP contribution is -2.01. The smallest absolute Gasteiger partial charge is 0.335 e. The molecular weight excluding hydrogens is 390 g/mol. The summed E-state index contributed by atoms with van der Waals surface area (Å²) in [5, 5.41) is 8.96. The third-order valence-electron chi connectivity index (χ3n) is 2.79. The maximum Gasteiger partial charge on any atom is 0.335 e. The van der Waals surface area contributed by atoms with Crippen LogP contribution in [-0.4, -0.2) is 18.2 Å². The van der Waals surface area contributed by atoms with Crippen molar-refractivity contribution in [3.63, 3.8) is 0 Å². The highest BCUT2D eigenvalue weighted by atomic mass is 127. The molecule has 0 bridgehead atoms. The molecule has 0 radical (unpaired) electrons. The second kappa shape index (κ2) is 6.75. The fraction of sp³-hybridized carbons (Fsp3) is 0.133. The molecule has 2 rings (SSSR count). The monoisotopic (exact) mass is 402 g/mol. The Morgan fingerprint density at radius 1 is 1.24 bits per heavy atom. The van der Waals surface area contributed by atoms with E-state index in [4.69, 9.17) is 14.6 Å². The molecule has 0 unspecified atom stereocenters. The number of hydrogen-bond acceptors (Lipinski definition) is 3. The lowest BCUT2D eigenvalue weighted by atomic mass is 10.2. The first-order valence-electron chi connectivity index (χ1n) is 5.99. The van der Waals surface area contributed by atoms with Gasteiger partial charge in [-0.2, -0.15) is 0 Å². The normalized spacial score (nSPS) is 10.2. The summed E-state index contributed by atoms with van der Waals surface area (Å²) in [4.78, 5) is 10.9. The number of carboxylic acids is 1. The Balaban J connectivity index is 2.14. The minimum Gasteiger partial charge on any atom is -0.494 e. The molecule has 0 atom stereocenters. The minimum atomic E-state index is -1.02. The molecule has 0 amide bonds. The van der Waals surface area contributed by atoms with Gasteiger partial charge in [-0.25, -0.2) is 9.18 Å². The van der Waals surface area contributed by atoms with Crippen LogP contribution in [0.3, 0.4) is 0 Å². The predicted octanol–water partition coefficient (Wildman–Crippen LogP) is 3.72. The van der Waals surface area contributed by atoms with Crippen molar-refractivity contribution < 1.29 is 23.8 Å². The quantitative estimate of drug-likeness (QED) is 0.775. The van der Waals surface area contributed by atoms with Crippen molar-refractivity contribution in [1.29, 1.82) is 0 Å². The van der Waals surface area contributed by atoms with Crippen molar-refractivity contribution in [3.8, 4) is 11.5 Å². The summed E-state index contributed by atoms with van der Waals surface area (Å²) in [6.45, 7) is 0.139. The van der Waals surface area contributed by atoms with E-state index in [2.05, 4.69) is 0 Å². The number of carbonyl (C=O) groups is 1. The van der Waals surface area contributed by atoms with Gasteiger partial charge in [0.25, 0.3) is 0 Å². The van der Waals surface area contributed by atoms with Gasteiger partial charge in [-0.3, -0.25) is 0 Å². The molecule has 0 spiro atoms. The van der Waals surface area contributed by atoms with Gasteiger partial charge in [0.1, 0.15) is 12.4 Å². The Labute approximate surface area is 134 Å². The fourth-order valence-electron chi connectivity index (χ4n) is 1.71. The SMILES string of the molecule is COc1ccc(COc2cc(C(=O)O)ccc2I)cc1F. The van der Waals surface area contributed by atoms with E-state index in [1.54, 1.807) is 12.1 Å². The summed E-state index contributed by atoms with van der Waals surface area (Å²) in [6, 6.07) is 9.15. The molecule has 21 heavy (non-hydrogen) atoms. The highest BCUT2D eigenvalue weighted by Gasteiger charge is 2.09. The molecular formula is C15H12FIO4. The molecule has 0 saturated carbocycles. The molecule has 110 valence electrons. The van der Waals surface area contributed by atoms with Crippen LogP contribution in [0.5, 0.6) is 11.5 Å². The van der Waals surface area contributed by atoms with Gasteiger partial charge in [0.05, 0.1) is 16.2 Å². The van der Waals surface area contributed by atoms with Crippen LogP contribution in [0.25, 0.3) is 0 Å². The summed E-state index contributed by atoms with van der Waals surface area (Å²) in [5.74, 6) is -0.868. The van der Waals surface area contributed by atoms with Crippen LogP contribution in [0, 0.1) is 9.39 Å². The van der Waals surface area contributed by atoms with Crippen LogP contribution >= 0.6 is 22.6 Å². The Morgan fingerprint density at radius 2 is 2.00 bits per heavy atom. The van der Waals surface area contributed by atoms with Gasteiger partial charge in [-0.1, -0.05) is 6.07 Å². The van der Waals surface area contributed by atoms with E-state index < -0.39 is 11.8 Å². The van der Waals surface area contributed by atoms with Crippen LogP contribution in [0.1, 0.15) is 15.9 Å². The molecule has 0 aromatic heterocycles. The van der Waals surface area contributed by atoms with E-state index in [9.17, 15) is 9.18 Å². The van der Waals surface area contributed by atoms with Crippen LogP contribution in [0.4, 0.5) is 4.39 Å². The van der Waals surface area contributed by atoms with Crippen LogP contribution < -0.4 is 9.47 Å². The average Bonchev–Trinajstić information content (AvgIpc) is 2.46. The molecule has 6 heteroatoms. The van der Waals surface area contributed by atoms with Gasteiger partial charge in [0.15, 0.2) is 11.6 Å². The number of carboxylic acid groups (broad SMARTS) is 1. The van der Waals surface area contributed by atoms with Crippen LogP contribution in [-0.2, 0) is 6.61 Å². The first-order chi connectivity index (χ1) is 10.0. The van der Waals surface area contributed by atoms with Gasteiger partial charge in [0, 0.05) is 0 Å². The van der Waals surface area contributed by atoms with Crippen molar-refractivity contribution >= 4 is 28.6 Å². The number of ether oxygens (including phenoxy) is 2. The Morgan fingerprint density at radius 3 is 2.62 bits per heavy atom. The highest BCUT2D eigenvalue weighted by Crippen LogP contribution is 2.24. The Hall–Kier alpha value is -1.83. The molecule has 0 fully saturated rings. The number of hydrogen-bond donors (Lipinski definition) is 1. The standard InChI is InChI=1S/C15H12FIO4/c1-20-13-5-2-9(6-11(13)16)8-21-14-7-10(15(18)19)3-4-12(14)17/h2-7H,8H2,1H3,(H,18,19). The van der Waals surface area contributed by atoms with E-state index in [1.807, 2.05) is 22.6 Å². The number of methoxy groups -OCH3 is 1. The van der Waals surface area contributed by atoms with Gasteiger partial charge >= 0.3 is 5.97 Å². The lowest BCUT2D eigenvalue weighted by molar-refractivity contribution is 0.0696. The number of rotatable bonds is 5. The fourth-order valence-corrected chi connectivity index (χ4v) is 2.20. The molecule has 0 aliphatic heterocycles. The number of halogens is 2. The van der Waals surface area contributed by atoms with E-state index in [0.717, 1.165) is 3.57 Å². The maximum absolute atomic E-state index is 13.6. The van der Waals surface area contributed by atoms with Gasteiger partial charge in [-0.15, -0.1) is 0 Å². The van der Waals surface area contributed by atoms with Crippen LogP contribution in [0.15, 0.2) is 36.4 Å². The first-order valence-corrected chi connectivity index (χ1v) is 7.07. The predicted molar refractivity (Wildman–Crippen MR) is 83.4 cm³/mol. The number of aromatic carboxylic acids is 1. The zero-order chi connectivity index (χ0) is 15.4. The average molecular weight is 402 g/mol. The molecule has 0 saturated heterocycles. The summed E-state index contributed by atoms with van der Waals surface area (Å²) in [5.41, 5.74) is 0.774. The van der Waals surface area contributed by atoms with Gasteiger partial charge < -0.3 is 14.6 Å². The zero-order valence-corrected chi connectivity index (χ0v) is 13.3. The molecule has 0 heterocycles. The molecule has 4 nitrogen and oxygen atoms in total. The molecule has 2 aromatic carbocycles. The van der Waals surface area contributed by atoms with E-state index in [-0.39, 0.29) is 17.9 Å². The Kier molecular flexibility index (Phi) is 5.00. The van der Waals surface area contributed by atoms with Crippen molar-refractivity contribution in [2.24, 2.45) is 0 Å². The summed E-state index contributed by atoms with van der Waals surface area (Å²) < 4.78 is 24.8. The summed E-state index contributed by atoms with van der Waals surface area (Å²) >= 11 is 2.05. The number of benzene rings is 2. The molecule has 0 aliphatic rings. The second-order valence-electron chi connectivity index (χ2n) is 4.21. The summed E-state index contributed by atoms with van der Waals surface area (Å²) in [6.07, 6.45) is 0. The first kappa shape index (κ1) is 15.6. The van der Waals surface area contributed by atoms with E-state index in [1.165, 1.54) is 31.4 Å².